The number of aromatic nitrogens is 1. The molecule has 1 aromatic rings. The Kier molecular flexibility index (Phi) is 7.63. The first-order valence-electron chi connectivity index (χ1n) is 11.0. The number of anilines is 1. The van der Waals surface area contributed by atoms with E-state index in [9.17, 15) is 14.9 Å². The quantitative estimate of drug-likeness (QED) is 0.351. The molecule has 0 spiro atoms. The van der Waals surface area contributed by atoms with E-state index in [1.165, 1.54) is 16.7 Å². The minimum absolute atomic E-state index is 0.133. The smallest absolute Gasteiger partial charge is 0.270 e. The summed E-state index contributed by atoms with van der Waals surface area (Å²) in [6.45, 7) is 14.5. The SMILES string of the molecule is C=CCN1C(=O)C(=Cc2c(C)c(C#N)c(=O)n(CCC)c2N2CC(C)CC(C)C2)SC1=S. The number of carbonyl (C=O) groups is 1. The van der Waals surface area contributed by atoms with Crippen LogP contribution in [0.15, 0.2) is 22.4 Å². The second-order valence-electron chi connectivity index (χ2n) is 8.74. The van der Waals surface area contributed by atoms with Gasteiger partial charge in [-0.05, 0) is 43.2 Å². The molecule has 1 aromatic heterocycles. The van der Waals surface area contributed by atoms with Crippen LogP contribution < -0.4 is 10.5 Å². The largest absolute Gasteiger partial charge is 0.357 e. The molecule has 2 fully saturated rings. The van der Waals surface area contributed by atoms with Gasteiger partial charge in [0.05, 0.1) is 4.91 Å². The topological polar surface area (TPSA) is 69.3 Å². The number of nitriles is 1. The molecule has 2 aliphatic heterocycles. The summed E-state index contributed by atoms with van der Waals surface area (Å²) in [6, 6.07) is 2.10. The molecular weight excluding hydrogens is 440 g/mol. The number of rotatable bonds is 6. The molecule has 0 bridgehead atoms. The van der Waals surface area contributed by atoms with Gasteiger partial charge in [0, 0.05) is 31.7 Å². The number of thioether (sulfide) groups is 1. The fourth-order valence-electron chi connectivity index (χ4n) is 4.67. The van der Waals surface area contributed by atoms with Gasteiger partial charge in [0.2, 0.25) is 0 Å². The predicted molar refractivity (Wildman–Crippen MR) is 136 cm³/mol. The van der Waals surface area contributed by atoms with E-state index in [0.717, 1.165) is 37.3 Å². The summed E-state index contributed by atoms with van der Waals surface area (Å²) in [4.78, 5) is 30.5. The van der Waals surface area contributed by atoms with Crippen LogP contribution in [0.2, 0.25) is 0 Å². The van der Waals surface area contributed by atoms with E-state index >= 15 is 0 Å². The van der Waals surface area contributed by atoms with Crippen LogP contribution in [-0.2, 0) is 11.3 Å². The average molecular weight is 471 g/mol. The number of hydrogen-bond donors (Lipinski definition) is 0. The zero-order valence-electron chi connectivity index (χ0n) is 19.2. The Morgan fingerprint density at radius 3 is 2.50 bits per heavy atom. The molecule has 3 rings (SSSR count). The molecule has 2 saturated heterocycles. The molecule has 2 unspecified atom stereocenters. The van der Waals surface area contributed by atoms with Crippen molar-refractivity contribution in [1.29, 1.82) is 5.26 Å². The van der Waals surface area contributed by atoms with Crippen LogP contribution in [0.1, 0.15) is 50.3 Å². The molecule has 0 saturated carbocycles. The molecule has 3 heterocycles. The van der Waals surface area contributed by atoms with E-state index in [0.29, 0.717) is 39.7 Å². The fraction of sp³-hybridized carbons (Fsp3) is 0.500. The van der Waals surface area contributed by atoms with Crippen molar-refractivity contribution in [3.05, 3.63) is 44.6 Å². The molecule has 2 atom stereocenters. The number of nitrogens with zero attached hydrogens (tertiary/aromatic N) is 4. The van der Waals surface area contributed by atoms with Gasteiger partial charge in [0.1, 0.15) is 21.8 Å². The van der Waals surface area contributed by atoms with Crippen molar-refractivity contribution in [3.8, 4) is 6.07 Å². The van der Waals surface area contributed by atoms with Gasteiger partial charge >= 0.3 is 0 Å². The molecule has 6 nitrogen and oxygen atoms in total. The van der Waals surface area contributed by atoms with Gasteiger partial charge in [-0.15, -0.1) is 6.58 Å². The number of hydrogen-bond acceptors (Lipinski definition) is 6. The number of pyridine rings is 1. The van der Waals surface area contributed by atoms with E-state index in [1.807, 2.05) is 13.0 Å². The van der Waals surface area contributed by atoms with Crippen LogP contribution in [0.5, 0.6) is 0 Å². The third-order valence-corrected chi connectivity index (χ3v) is 7.30. The molecular formula is C24H30N4O2S2. The van der Waals surface area contributed by atoms with Crippen molar-refractivity contribution in [1.82, 2.24) is 9.47 Å². The van der Waals surface area contributed by atoms with Crippen LogP contribution in [-0.4, -0.2) is 39.3 Å². The van der Waals surface area contributed by atoms with Crippen molar-refractivity contribution >= 4 is 46.1 Å². The van der Waals surface area contributed by atoms with E-state index in [1.54, 1.807) is 17.6 Å². The molecule has 0 radical (unpaired) electrons. The van der Waals surface area contributed by atoms with Crippen LogP contribution in [0, 0.1) is 30.1 Å². The maximum atomic E-state index is 13.3. The Labute approximate surface area is 199 Å². The lowest BCUT2D eigenvalue weighted by atomic mass is 9.91. The highest BCUT2D eigenvalue weighted by molar-refractivity contribution is 8.26. The Morgan fingerprint density at radius 1 is 1.28 bits per heavy atom. The van der Waals surface area contributed by atoms with Gasteiger partial charge in [-0.1, -0.05) is 50.8 Å². The number of thiocarbonyl (C=S) groups is 1. The number of amides is 1. The summed E-state index contributed by atoms with van der Waals surface area (Å²) in [5, 5.41) is 9.76. The lowest BCUT2D eigenvalue weighted by Crippen LogP contribution is -2.43. The van der Waals surface area contributed by atoms with E-state index < -0.39 is 0 Å². The van der Waals surface area contributed by atoms with Gasteiger partial charge in [-0.3, -0.25) is 19.1 Å². The maximum absolute atomic E-state index is 13.3. The van der Waals surface area contributed by atoms with Gasteiger partial charge in [0.15, 0.2) is 0 Å². The summed E-state index contributed by atoms with van der Waals surface area (Å²) < 4.78 is 2.22. The molecule has 0 N–H and O–H groups in total. The van der Waals surface area contributed by atoms with Crippen molar-refractivity contribution in [3.63, 3.8) is 0 Å². The number of piperidine rings is 1. The standard InChI is InChI=1S/C24H30N4O2S2/c1-6-8-27-21(26-13-15(3)10-16(4)14-26)18(17(5)19(12-25)22(27)29)11-20-23(30)28(9-7-2)24(31)32-20/h7,11,15-16H,2,6,8-10,13-14H2,1,3-5H3. The second kappa shape index (κ2) is 10.1. The van der Waals surface area contributed by atoms with E-state index in [2.05, 4.69) is 31.4 Å². The van der Waals surface area contributed by atoms with E-state index in [-0.39, 0.29) is 17.0 Å². The van der Waals surface area contributed by atoms with Crippen LogP contribution in [0.4, 0.5) is 5.82 Å². The molecule has 0 aromatic carbocycles. The summed E-state index contributed by atoms with van der Waals surface area (Å²) in [6.07, 6.45) is 5.37. The Hall–Kier alpha value is -2.37. The normalized spacial score (nSPS) is 22.5. The molecule has 8 heteroatoms. The molecule has 0 aliphatic carbocycles. The van der Waals surface area contributed by atoms with Crippen molar-refractivity contribution in [2.45, 2.75) is 47.1 Å². The van der Waals surface area contributed by atoms with Gasteiger partial charge < -0.3 is 4.90 Å². The zero-order valence-corrected chi connectivity index (χ0v) is 20.8. The van der Waals surface area contributed by atoms with Crippen LogP contribution in [0.3, 0.4) is 0 Å². The predicted octanol–water partition coefficient (Wildman–Crippen LogP) is 4.31. The van der Waals surface area contributed by atoms with Crippen molar-refractivity contribution in [2.75, 3.05) is 24.5 Å². The third-order valence-electron chi connectivity index (χ3n) is 5.92. The molecule has 32 heavy (non-hydrogen) atoms. The minimum Gasteiger partial charge on any atom is -0.357 e. The first kappa shape index (κ1) is 24.3. The Morgan fingerprint density at radius 2 is 1.94 bits per heavy atom. The summed E-state index contributed by atoms with van der Waals surface area (Å²) >= 11 is 6.65. The van der Waals surface area contributed by atoms with Crippen molar-refractivity contribution in [2.24, 2.45) is 11.8 Å². The van der Waals surface area contributed by atoms with Gasteiger partial charge in [0.25, 0.3) is 11.5 Å². The molecule has 2 aliphatic rings. The fourth-order valence-corrected chi connectivity index (χ4v) is 5.93. The van der Waals surface area contributed by atoms with Gasteiger partial charge in [-0.25, -0.2) is 0 Å². The lowest BCUT2D eigenvalue weighted by Gasteiger charge is -2.39. The minimum atomic E-state index is -0.260. The maximum Gasteiger partial charge on any atom is 0.270 e. The molecule has 170 valence electrons. The monoisotopic (exact) mass is 470 g/mol. The summed E-state index contributed by atoms with van der Waals surface area (Å²) in [5.41, 5.74) is 1.24. The van der Waals surface area contributed by atoms with Crippen LogP contribution >= 0.6 is 24.0 Å². The first-order valence-corrected chi connectivity index (χ1v) is 12.2. The highest BCUT2D eigenvalue weighted by Gasteiger charge is 2.33. The Balaban J connectivity index is 2.27. The highest BCUT2D eigenvalue weighted by Crippen LogP contribution is 2.37. The first-order chi connectivity index (χ1) is 15.2. The average Bonchev–Trinajstić information content (AvgIpc) is 2.99. The second-order valence-corrected chi connectivity index (χ2v) is 10.4. The summed E-state index contributed by atoms with van der Waals surface area (Å²) in [5.74, 6) is 1.61. The number of carbonyl (C=O) groups excluding carboxylic acids is 1. The van der Waals surface area contributed by atoms with Crippen molar-refractivity contribution < 1.29 is 4.79 Å². The molecule has 1 amide bonds. The van der Waals surface area contributed by atoms with Gasteiger partial charge in [-0.2, -0.15) is 5.26 Å². The lowest BCUT2D eigenvalue weighted by molar-refractivity contribution is -0.121. The van der Waals surface area contributed by atoms with Crippen LogP contribution in [0.25, 0.3) is 6.08 Å². The summed E-state index contributed by atoms with van der Waals surface area (Å²) in [7, 11) is 0. The third kappa shape index (κ3) is 4.55. The highest BCUT2D eigenvalue weighted by atomic mass is 32.2. The Bertz CT molecular complexity index is 1070. The zero-order chi connectivity index (χ0) is 23.6. The van der Waals surface area contributed by atoms with E-state index in [4.69, 9.17) is 12.2 Å².